The Kier molecular flexibility index (Phi) is 4.26. The average molecular weight is 265 g/mol. The minimum absolute atomic E-state index is 0.503. The van der Waals surface area contributed by atoms with Crippen LogP contribution in [0.15, 0.2) is 34.9 Å². The Balaban J connectivity index is 2.19. The number of pyridine rings is 1. The first-order chi connectivity index (χ1) is 8.74. The highest BCUT2D eigenvalue weighted by molar-refractivity contribution is 6.17. The summed E-state index contributed by atoms with van der Waals surface area (Å²) in [6.45, 7) is 5.71. The first kappa shape index (κ1) is 13.0. The van der Waals surface area contributed by atoms with Crippen LogP contribution >= 0.6 is 11.6 Å². The first-order valence-corrected chi connectivity index (χ1v) is 6.58. The molecule has 0 spiro atoms. The van der Waals surface area contributed by atoms with Crippen LogP contribution in [0.3, 0.4) is 0 Å². The van der Waals surface area contributed by atoms with Crippen LogP contribution in [0.4, 0.5) is 5.82 Å². The van der Waals surface area contributed by atoms with Gasteiger partial charge in [-0.1, -0.05) is 6.07 Å². The predicted molar refractivity (Wildman–Crippen MR) is 74.0 cm³/mol. The summed E-state index contributed by atoms with van der Waals surface area (Å²) < 4.78 is 5.37. The van der Waals surface area contributed by atoms with Crippen molar-refractivity contribution in [2.75, 3.05) is 11.4 Å². The van der Waals surface area contributed by atoms with Gasteiger partial charge in [-0.3, -0.25) is 0 Å². The molecule has 96 valence electrons. The number of alkyl halides is 1. The number of rotatable bonds is 5. The van der Waals surface area contributed by atoms with Gasteiger partial charge in [-0.2, -0.15) is 0 Å². The van der Waals surface area contributed by atoms with Crippen LogP contribution in [0.2, 0.25) is 0 Å². The van der Waals surface area contributed by atoms with Gasteiger partial charge in [-0.25, -0.2) is 4.98 Å². The van der Waals surface area contributed by atoms with Gasteiger partial charge in [0.15, 0.2) is 0 Å². The standard InChI is InChI=1S/C14H17ClN2O/c1-3-17(10-13-5-4-8-18-13)14-7-6-12(9-15)11(2)16-14/h4-8H,3,9-10H2,1-2H3. The lowest BCUT2D eigenvalue weighted by Gasteiger charge is -2.21. The van der Waals surface area contributed by atoms with Gasteiger partial charge in [0.25, 0.3) is 0 Å². The molecule has 0 aliphatic heterocycles. The molecule has 2 aromatic rings. The minimum atomic E-state index is 0.503. The molecule has 4 heteroatoms. The molecule has 0 amide bonds. The summed E-state index contributed by atoms with van der Waals surface area (Å²) in [6.07, 6.45) is 1.69. The molecule has 0 saturated carbocycles. The van der Waals surface area contributed by atoms with Gasteiger partial charge in [0.05, 0.1) is 12.8 Å². The van der Waals surface area contributed by atoms with E-state index >= 15 is 0 Å². The lowest BCUT2D eigenvalue weighted by atomic mass is 10.2. The van der Waals surface area contributed by atoms with Crippen molar-refractivity contribution in [3.05, 3.63) is 47.5 Å². The summed E-state index contributed by atoms with van der Waals surface area (Å²) in [4.78, 5) is 6.77. The average Bonchev–Trinajstić information content (AvgIpc) is 2.88. The lowest BCUT2D eigenvalue weighted by Crippen LogP contribution is -2.23. The lowest BCUT2D eigenvalue weighted by molar-refractivity contribution is 0.503. The molecule has 2 heterocycles. The number of anilines is 1. The van der Waals surface area contributed by atoms with E-state index in [1.165, 1.54) is 0 Å². The van der Waals surface area contributed by atoms with Gasteiger partial charge in [-0.15, -0.1) is 11.6 Å². The monoisotopic (exact) mass is 264 g/mol. The number of furan rings is 1. The van der Waals surface area contributed by atoms with Crippen LogP contribution in [0.5, 0.6) is 0 Å². The molecule has 0 saturated heterocycles. The van der Waals surface area contributed by atoms with Crippen LogP contribution in [-0.4, -0.2) is 11.5 Å². The largest absolute Gasteiger partial charge is 0.467 e. The second-order valence-electron chi connectivity index (χ2n) is 4.14. The molecule has 0 radical (unpaired) electrons. The second-order valence-corrected chi connectivity index (χ2v) is 4.41. The van der Waals surface area contributed by atoms with E-state index < -0.39 is 0 Å². The van der Waals surface area contributed by atoms with Crippen molar-refractivity contribution in [1.29, 1.82) is 0 Å². The second kappa shape index (κ2) is 5.91. The highest BCUT2D eigenvalue weighted by Crippen LogP contribution is 2.18. The molecule has 0 aliphatic carbocycles. The quantitative estimate of drug-likeness (QED) is 0.771. The van der Waals surface area contributed by atoms with Crippen molar-refractivity contribution < 1.29 is 4.42 Å². The van der Waals surface area contributed by atoms with Gasteiger partial charge in [0, 0.05) is 18.1 Å². The molecule has 3 nitrogen and oxygen atoms in total. The fourth-order valence-electron chi connectivity index (χ4n) is 1.84. The third-order valence-electron chi connectivity index (χ3n) is 2.96. The van der Waals surface area contributed by atoms with E-state index in [0.29, 0.717) is 5.88 Å². The Morgan fingerprint density at radius 1 is 1.33 bits per heavy atom. The van der Waals surface area contributed by atoms with Crippen LogP contribution in [0.1, 0.15) is 23.9 Å². The van der Waals surface area contributed by atoms with E-state index in [2.05, 4.69) is 16.8 Å². The van der Waals surface area contributed by atoms with E-state index in [1.54, 1.807) is 6.26 Å². The molecule has 0 bridgehead atoms. The van der Waals surface area contributed by atoms with Gasteiger partial charge in [0.1, 0.15) is 11.6 Å². The summed E-state index contributed by atoms with van der Waals surface area (Å²) in [7, 11) is 0. The van der Waals surface area contributed by atoms with Crippen molar-refractivity contribution in [3.63, 3.8) is 0 Å². The van der Waals surface area contributed by atoms with Crippen molar-refractivity contribution in [3.8, 4) is 0 Å². The molecule has 18 heavy (non-hydrogen) atoms. The molecule has 0 unspecified atom stereocenters. The fraction of sp³-hybridized carbons (Fsp3) is 0.357. The summed E-state index contributed by atoms with van der Waals surface area (Å²) in [5.74, 6) is 2.40. The van der Waals surface area contributed by atoms with Gasteiger partial charge >= 0.3 is 0 Å². The van der Waals surface area contributed by atoms with E-state index in [0.717, 1.165) is 35.9 Å². The van der Waals surface area contributed by atoms with Crippen molar-refractivity contribution in [2.45, 2.75) is 26.3 Å². The zero-order chi connectivity index (χ0) is 13.0. The topological polar surface area (TPSA) is 29.3 Å². The zero-order valence-electron chi connectivity index (χ0n) is 10.7. The van der Waals surface area contributed by atoms with Crippen LogP contribution in [0.25, 0.3) is 0 Å². The van der Waals surface area contributed by atoms with Crippen molar-refractivity contribution >= 4 is 17.4 Å². The van der Waals surface area contributed by atoms with Crippen molar-refractivity contribution in [1.82, 2.24) is 4.98 Å². The number of aryl methyl sites for hydroxylation is 1. The molecule has 0 N–H and O–H groups in total. The number of hydrogen-bond acceptors (Lipinski definition) is 3. The molecular weight excluding hydrogens is 248 g/mol. The van der Waals surface area contributed by atoms with Crippen LogP contribution in [-0.2, 0) is 12.4 Å². The van der Waals surface area contributed by atoms with Crippen LogP contribution in [0, 0.1) is 6.92 Å². The predicted octanol–water partition coefficient (Wildman–Crippen LogP) is 3.75. The van der Waals surface area contributed by atoms with Gasteiger partial charge < -0.3 is 9.32 Å². The van der Waals surface area contributed by atoms with Crippen molar-refractivity contribution in [2.24, 2.45) is 0 Å². The Morgan fingerprint density at radius 3 is 2.72 bits per heavy atom. The summed E-state index contributed by atoms with van der Waals surface area (Å²) in [6, 6.07) is 7.92. The fourth-order valence-corrected chi connectivity index (χ4v) is 2.12. The molecule has 2 aromatic heterocycles. The summed E-state index contributed by atoms with van der Waals surface area (Å²) in [5, 5.41) is 0. The normalized spacial score (nSPS) is 10.6. The van der Waals surface area contributed by atoms with E-state index in [1.807, 2.05) is 31.2 Å². The van der Waals surface area contributed by atoms with Gasteiger partial charge in [-0.05, 0) is 37.6 Å². The van der Waals surface area contributed by atoms with E-state index in [4.69, 9.17) is 16.0 Å². The first-order valence-electron chi connectivity index (χ1n) is 6.04. The van der Waals surface area contributed by atoms with E-state index in [9.17, 15) is 0 Å². The summed E-state index contributed by atoms with van der Waals surface area (Å²) in [5.41, 5.74) is 2.06. The molecule has 2 rings (SSSR count). The maximum Gasteiger partial charge on any atom is 0.129 e. The Morgan fingerprint density at radius 2 is 2.17 bits per heavy atom. The molecule has 0 aromatic carbocycles. The highest BCUT2D eigenvalue weighted by atomic mass is 35.5. The number of nitrogens with zero attached hydrogens (tertiary/aromatic N) is 2. The Bertz CT molecular complexity index is 497. The third-order valence-corrected chi connectivity index (χ3v) is 3.24. The molecular formula is C14H17ClN2O. The number of hydrogen-bond donors (Lipinski definition) is 0. The van der Waals surface area contributed by atoms with E-state index in [-0.39, 0.29) is 0 Å². The minimum Gasteiger partial charge on any atom is -0.467 e. The highest BCUT2D eigenvalue weighted by Gasteiger charge is 2.09. The Hall–Kier alpha value is -1.48. The zero-order valence-corrected chi connectivity index (χ0v) is 11.4. The molecule has 0 aliphatic rings. The molecule has 0 fully saturated rings. The SMILES string of the molecule is CCN(Cc1ccco1)c1ccc(CCl)c(C)n1. The van der Waals surface area contributed by atoms with Crippen LogP contribution < -0.4 is 4.90 Å². The maximum atomic E-state index is 5.84. The summed E-state index contributed by atoms with van der Waals surface area (Å²) >= 11 is 5.84. The number of aromatic nitrogens is 1. The molecule has 0 atom stereocenters. The Labute approximate surface area is 112 Å². The smallest absolute Gasteiger partial charge is 0.129 e. The van der Waals surface area contributed by atoms with Gasteiger partial charge in [0.2, 0.25) is 0 Å². The number of halogens is 1. The maximum absolute atomic E-state index is 5.84. The third kappa shape index (κ3) is 2.85.